The van der Waals surface area contributed by atoms with Crippen LogP contribution in [0.2, 0.25) is 0 Å². The maximum atomic E-state index is 13.6. The highest BCUT2D eigenvalue weighted by Gasteiger charge is 2.15. The topological polar surface area (TPSA) is 48.1 Å². The molecule has 2 aromatic rings. The number of halogens is 1. The second-order valence-corrected chi connectivity index (χ2v) is 5.35. The largest absolute Gasteiger partial charge is 0.472 e. The van der Waals surface area contributed by atoms with Crippen LogP contribution in [0.1, 0.15) is 35.2 Å². The average Bonchev–Trinajstić information content (AvgIpc) is 2.53. The Hall–Kier alpha value is -1.94. The van der Waals surface area contributed by atoms with E-state index in [0.717, 1.165) is 30.5 Å². The Morgan fingerprint density at radius 1 is 1.14 bits per heavy atom. The van der Waals surface area contributed by atoms with Crippen molar-refractivity contribution in [2.75, 3.05) is 0 Å². The molecular formula is C17H19FN2O. The summed E-state index contributed by atoms with van der Waals surface area (Å²) in [5.74, 6) is 0.283. The molecule has 1 aliphatic rings. The molecule has 0 atom stereocenters. The van der Waals surface area contributed by atoms with E-state index in [9.17, 15) is 4.39 Å². The van der Waals surface area contributed by atoms with Crippen LogP contribution in [0.15, 0.2) is 30.3 Å². The van der Waals surface area contributed by atoms with Gasteiger partial charge in [-0.2, -0.15) is 0 Å². The van der Waals surface area contributed by atoms with Crippen LogP contribution >= 0.6 is 0 Å². The summed E-state index contributed by atoms with van der Waals surface area (Å²) in [5.41, 5.74) is 9.59. The highest BCUT2D eigenvalue weighted by Crippen LogP contribution is 2.26. The van der Waals surface area contributed by atoms with Crippen LogP contribution in [-0.2, 0) is 26.0 Å². The Labute approximate surface area is 124 Å². The SMILES string of the molecule is NCc1cc2c(nc1OCc1ccccc1F)CCCC2. The quantitative estimate of drug-likeness (QED) is 0.939. The summed E-state index contributed by atoms with van der Waals surface area (Å²) in [6, 6.07) is 8.71. The zero-order valence-corrected chi connectivity index (χ0v) is 11.9. The molecule has 4 heteroatoms. The van der Waals surface area contributed by atoms with Gasteiger partial charge in [0.15, 0.2) is 0 Å². The van der Waals surface area contributed by atoms with Gasteiger partial charge in [0.1, 0.15) is 12.4 Å². The number of rotatable bonds is 4. The molecule has 1 aliphatic carbocycles. The third-order valence-electron chi connectivity index (χ3n) is 3.88. The van der Waals surface area contributed by atoms with Gasteiger partial charge in [-0.3, -0.25) is 0 Å². The summed E-state index contributed by atoms with van der Waals surface area (Å²) >= 11 is 0. The lowest BCUT2D eigenvalue weighted by Gasteiger charge is -2.18. The maximum Gasteiger partial charge on any atom is 0.218 e. The van der Waals surface area contributed by atoms with Crippen LogP contribution in [0.4, 0.5) is 4.39 Å². The summed E-state index contributed by atoms with van der Waals surface area (Å²) in [4.78, 5) is 4.60. The number of nitrogens with zero attached hydrogens (tertiary/aromatic N) is 1. The van der Waals surface area contributed by atoms with Gasteiger partial charge in [0, 0.05) is 23.4 Å². The molecule has 0 aliphatic heterocycles. The maximum absolute atomic E-state index is 13.6. The Morgan fingerprint density at radius 2 is 1.95 bits per heavy atom. The number of nitrogens with two attached hydrogens (primary N) is 1. The van der Waals surface area contributed by atoms with Gasteiger partial charge in [-0.1, -0.05) is 18.2 Å². The van der Waals surface area contributed by atoms with E-state index in [1.807, 2.05) is 0 Å². The summed E-state index contributed by atoms with van der Waals surface area (Å²) in [7, 11) is 0. The van der Waals surface area contributed by atoms with Gasteiger partial charge in [-0.25, -0.2) is 9.37 Å². The van der Waals surface area contributed by atoms with E-state index in [1.165, 1.54) is 18.1 Å². The van der Waals surface area contributed by atoms with Crippen molar-refractivity contribution in [2.24, 2.45) is 5.73 Å². The first-order valence-electron chi connectivity index (χ1n) is 7.36. The van der Waals surface area contributed by atoms with Crippen LogP contribution in [-0.4, -0.2) is 4.98 Å². The molecule has 21 heavy (non-hydrogen) atoms. The predicted molar refractivity (Wildman–Crippen MR) is 79.5 cm³/mol. The lowest BCUT2D eigenvalue weighted by Crippen LogP contribution is -2.12. The van der Waals surface area contributed by atoms with Crippen molar-refractivity contribution in [3.8, 4) is 5.88 Å². The number of aromatic nitrogens is 1. The Bertz CT molecular complexity index is 643. The van der Waals surface area contributed by atoms with E-state index in [2.05, 4.69) is 11.1 Å². The molecule has 0 spiro atoms. The van der Waals surface area contributed by atoms with Crippen LogP contribution in [0.3, 0.4) is 0 Å². The fourth-order valence-corrected chi connectivity index (χ4v) is 2.70. The molecule has 0 amide bonds. The van der Waals surface area contributed by atoms with Crippen LogP contribution < -0.4 is 10.5 Å². The highest BCUT2D eigenvalue weighted by atomic mass is 19.1. The Morgan fingerprint density at radius 3 is 2.76 bits per heavy atom. The molecular weight excluding hydrogens is 267 g/mol. The van der Waals surface area contributed by atoms with Crippen LogP contribution in [0, 0.1) is 5.82 Å². The summed E-state index contributed by atoms with van der Waals surface area (Å²) in [6.07, 6.45) is 4.40. The minimum atomic E-state index is -0.259. The lowest BCUT2D eigenvalue weighted by atomic mass is 9.95. The first-order valence-corrected chi connectivity index (χ1v) is 7.36. The molecule has 1 aromatic heterocycles. The van der Waals surface area contributed by atoms with Crippen LogP contribution in [0.5, 0.6) is 5.88 Å². The fraction of sp³-hybridized carbons (Fsp3) is 0.353. The third kappa shape index (κ3) is 3.05. The zero-order valence-electron chi connectivity index (χ0n) is 11.9. The number of pyridine rings is 1. The van der Waals surface area contributed by atoms with Crippen molar-refractivity contribution >= 4 is 0 Å². The number of ether oxygens (including phenoxy) is 1. The standard InChI is InChI=1S/C17H19FN2O/c18-15-7-3-1-6-13(15)11-21-17-14(10-19)9-12-5-2-4-8-16(12)20-17/h1,3,6-7,9H,2,4-5,8,10-11,19H2. The van der Waals surface area contributed by atoms with Crippen LogP contribution in [0.25, 0.3) is 0 Å². The van der Waals surface area contributed by atoms with Gasteiger partial charge in [-0.15, -0.1) is 0 Å². The van der Waals surface area contributed by atoms with Crippen molar-refractivity contribution in [2.45, 2.75) is 38.8 Å². The van der Waals surface area contributed by atoms with Crippen molar-refractivity contribution in [1.29, 1.82) is 0 Å². The zero-order chi connectivity index (χ0) is 14.7. The normalized spacial score (nSPS) is 13.8. The van der Waals surface area contributed by atoms with E-state index in [-0.39, 0.29) is 12.4 Å². The van der Waals surface area contributed by atoms with E-state index >= 15 is 0 Å². The van der Waals surface area contributed by atoms with Crippen molar-refractivity contribution < 1.29 is 9.13 Å². The minimum Gasteiger partial charge on any atom is -0.472 e. The van der Waals surface area contributed by atoms with Crippen molar-refractivity contribution in [3.63, 3.8) is 0 Å². The molecule has 3 nitrogen and oxygen atoms in total. The second-order valence-electron chi connectivity index (χ2n) is 5.35. The van der Waals surface area contributed by atoms with Crippen molar-refractivity contribution in [1.82, 2.24) is 4.98 Å². The minimum absolute atomic E-state index is 0.172. The number of fused-ring (bicyclic) bond motifs is 1. The first-order chi connectivity index (χ1) is 10.3. The lowest BCUT2D eigenvalue weighted by molar-refractivity contribution is 0.283. The Kier molecular flexibility index (Phi) is 4.15. The number of aryl methyl sites for hydroxylation is 2. The molecule has 3 rings (SSSR count). The van der Waals surface area contributed by atoms with Gasteiger partial charge < -0.3 is 10.5 Å². The van der Waals surface area contributed by atoms with Gasteiger partial charge >= 0.3 is 0 Å². The number of benzene rings is 1. The fourth-order valence-electron chi connectivity index (χ4n) is 2.70. The van der Waals surface area contributed by atoms with Gasteiger partial charge in [0.05, 0.1) is 0 Å². The number of hydrogen-bond donors (Lipinski definition) is 1. The van der Waals surface area contributed by atoms with E-state index < -0.39 is 0 Å². The van der Waals surface area contributed by atoms with Gasteiger partial charge in [-0.05, 0) is 43.4 Å². The molecule has 0 bridgehead atoms. The monoisotopic (exact) mass is 286 g/mol. The average molecular weight is 286 g/mol. The Balaban J connectivity index is 1.83. The summed E-state index contributed by atoms with van der Waals surface area (Å²) in [5, 5.41) is 0. The van der Waals surface area contributed by atoms with Crippen molar-refractivity contribution in [3.05, 3.63) is 58.5 Å². The molecule has 0 unspecified atom stereocenters. The van der Waals surface area contributed by atoms with Gasteiger partial charge in [0.25, 0.3) is 0 Å². The van der Waals surface area contributed by atoms with E-state index in [0.29, 0.717) is 18.0 Å². The summed E-state index contributed by atoms with van der Waals surface area (Å²) in [6.45, 7) is 0.554. The third-order valence-corrected chi connectivity index (χ3v) is 3.88. The molecule has 0 radical (unpaired) electrons. The smallest absolute Gasteiger partial charge is 0.218 e. The van der Waals surface area contributed by atoms with E-state index in [1.54, 1.807) is 18.2 Å². The molecule has 0 saturated heterocycles. The molecule has 2 N–H and O–H groups in total. The second kappa shape index (κ2) is 6.22. The molecule has 110 valence electrons. The van der Waals surface area contributed by atoms with Gasteiger partial charge in [0.2, 0.25) is 5.88 Å². The highest BCUT2D eigenvalue weighted by molar-refractivity contribution is 5.36. The molecule has 0 saturated carbocycles. The molecule has 1 aromatic carbocycles. The first kappa shape index (κ1) is 14.0. The predicted octanol–water partition coefficient (Wildman–Crippen LogP) is 3.14. The van der Waals surface area contributed by atoms with E-state index in [4.69, 9.17) is 10.5 Å². The number of hydrogen-bond acceptors (Lipinski definition) is 3. The summed E-state index contributed by atoms with van der Waals surface area (Å²) < 4.78 is 19.4. The molecule has 0 fully saturated rings. The molecule has 1 heterocycles.